The van der Waals surface area contributed by atoms with Gasteiger partial charge in [0.05, 0.1) is 12.4 Å². The van der Waals surface area contributed by atoms with Gasteiger partial charge in [0.15, 0.2) is 6.29 Å². The number of nitrogens with zero attached hydrogens (tertiary/aromatic N) is 3. The fraction of sp³-hybridized carbons (Fsp3) is 0.500. The zero-order valence-corrected chi connectivity index (χ0v) is 8.02. The van der Waals surface area contributed by atoms with Gasteiger partial charge >= 0.3 is 0 Å². The predicted molar refractivity (Wildman–Crippen MR) is 53.5 cm³/mol. The van der Waals surface area contributed by atoms with Crippen LogP contribution in [-0.4, -0.2) is 29.3 Å². The molecular formula is C10H13N3O. The molecule has 0 aliphatic carbocycles. The van der Waals surface area contributed by atoms with Gasteiger partial charge in [-0.05, 0) is 19.3 Å². The lowest BCUT2D eigenvalue weighted by molar-refractivity contribution is 0.111. The average Bonchev–Trinajstić information content (AvgIpc) is 2.30. The number of hydrogen-bond donors (Lipinski definition) is 0. The van der Waals surface area contributed by atoms with Gasteiger partial charge in [0.1, 0.15) is 11.5 Å². The minimum Gasteiger partial charge on any atom is -0.355 e. The summed E-state index contributed by atoms with van der Waals surface area (Å²) in [6.45, 7) is 2.05. The molecule has 0 N–H and O–H groups in total. The highest BCUT2D eigenvalue weighted by atomic mass is 16.1. The first kappa shape index (κ1) is 9.12. The van der Waals surface area contributed by atoms with Gasteiger partial charge in [-0.1, -0.05) is 0 Å². The number of carbonyl (C=O) groups is 1. The lowest BCUT2D eigenvalue weighted by Gasteiger charge is -2.27. The molecule has 1 fully saturated rings. The maximum absolute atomic E-state index is 10.5. The van der Waals surface area contributed by atoms with Crippen LogP contribution in [0.5, 0.6) is 0 Å². The number of aldehydes is 1. The van der Waals surface area contributed by atoms with Gasteiger partial charge in [-0.3, -0.25) is 9.78 Å². The molecule has 1 aromatic heterocycles. The van der Waals surface area contributed by atoms with Crippen LogP contribution in [0.25, 0.3) is 0 Å². The second kappa shape index (κ2) is 4.17. The molecule has 74 valence electrons. The van der Waals surface area contributed by atoms with Crippen molar-refractivity contribution >= 4 is 12.1 Å². The smallest absolute Gasteiger partial charge is 0.170 e. The van der Waals surface area contributed by atoms with Crippen LogP contribution in [0, 0.1) is 0 Å². The van der Waals surface area contributed by atoms with Crippen molar-refractivity contribution in [3.63, 3.8) is 0 Å². The standard InChI is InChI=1S/C10H13N3O/c14-8-9-6-11-7-10(12-9)13-4-2-1-3-5-13/h6-8H,1-5H2. The van der Waals surface area contributed by atoms with Gasteiger partial charge in [-0.15, -0.1) is 0 Å². The summed E-state index contributed by atoms with van der Waals surface area (Å²) in [5.74, 6) is 0.828. The Balaban J connectivity index is 2.17. The van der Waals surface area contributed by atoms with Crippen LogP contribution in [0.3, 0.4) is 0 Å². The van der Waals surface area contributed by atoms with Crippen LogP contribution < -0.4 is 4.90 Å². The molecule has 2 rings (SSSR count). The van der Waals surface area contributed by atoms with E-state index in [0.29, 0.717) is 5.69 Å². The summed E-state index contributed by atoms with van der Waals surface area (Å²) >= 11 is 0. The Morgan fingerprint density at radius 2 is 2.00 bits per heavy atom. The first-order valence-electron chi connectivity index (χ1n) is 4.92. The molecular weight excluding hydrogens is 178 g/mol. The van der Waals surface area contributed by atoms with Gasteiger partial charge < -0.3 is 4.90 Å². The molecule has 4 nitrogen and oxygen atoms in total. The topological polar surface area (TPSA) is 46.1 Å². The molecule has 0 aromatic carbocycles. The van der Waals surface area contributed by atoms with E-state index >= 15 is 0 Å². The number of anilines is 1. The fourth-order valence-electron chi connectivity index (χ4n) is 1.70. The highest BCUT2D eigenvalue weighted by Crippen LogP contribution is 2.16. The van der Waals surface area contributed by atoms with Crippen LogP contribution in [-0.2, 0) is 0 Å². The number of carbonyl (C=O) groups excluding carboxylic acids is 1. The molecule has 1 aliphatic rings. The normalized spacial score (nSPS) is 16.7. The summed E-state index contributed by atoms with van der Waals surface area (Å²) in [5, 5.41) is 0. The van der Waals surface area contributed by atoms with Gasteiger partial charge in [0, 0.05) is 13.1 Å². The molecule has 0 radical (unpaired) electrons. The molecule has 0 amide bonds. The lowest BCUT2D eigenvalue weighted by atomic mass is 10.1. The van der Waals surface area contributed by atoms with E-state index in [1.54, 1.807) is 6.20 Å². The summed E-state index contributed by atoms with van der Waals surface area (Å²) in [6, 6.07) is 0. The van der Waals surface area contributed by atoms with E-state index in [1.807, 2.05) is 0 Å². The van der Waals surface area contributed by atoms with Crippen molar-refractivity contribution in [1.82, 2.24) is 9.97 Å². The summed E-state index contributed by atoms with van der Waals surface area (Å²) < 4.78 is 0. The van der Waals surface area contributed by atoms with E-state index < -0.39 is 0 Å². The third kappa shape index (κ3) is 1.89. The Labute approximate surface area is 83.0 Å². The summed E-state index contributed by atoms with van der Waals surface area (Å²) in [6.07, 6.45) is 7.64. The number of rotatable bonds is 2. The number of aromatic nitrogens is 2. The molecule has 1 aliphatic heterocycles. The molecule has 0 unspecified atom stereocenters. The van der Waals surface area contributed by atoms with Gasteiger partial charge in [0.2, 0.25) is 0 Å². The van der Waals surface area contributed by atoms with E-state index in [2.05, 4.69) is 14.9 Å². The Morgan fingerprint density at radius 3 is 2.71 bits per heavy atom. The van der Waals surface area contributed by atoms with Crippen molar-refractivity contribution in [1.29, 1.82) is 0 Å². The number of hydrogen-bond acceptors (Lipinski definition) is 4. The van der Waals surface area contributed by atoms with E-state index in [4.69, 9.17) is 0 Å². The van der Waals surface area contributed by atoms with Crippen molar-refractivity contribution in [2.75, 3.05) is 18.0 Å². The Morgan fingerprint density at radius 1 is 1.21 bits per heavy atom. The zero-order valence-electron chi connectivity index (χ0n) is 8.02. The van der Waals surface area contributed by atoms with Crippen LogP contribution in [0.2, 0.25) is 0 Å². The molecule has 0 spiro atoms. The van der Waals surface area contributed by atoms with Gasteiger partial charge in [0.25, 0.3) is 0 Å². The second-order valence-electron chi connectivity index (χ2n) is 3.47. The first-order chi connectivity index (χ1) is 6.90. The quantitative estimate of drug-likeness (QED) is 0.660. The minimum atomic E-state index is 0.410. The molecule has 4 heteroatoms. The van der Waals surface area contributed by atoms with Crippen molar-refractivity contribution in [2.24, 2.45) is 0 Å². The highest BCUT2D eigenvalue weighted by Gasteiger charge is 2.12. The third-order valence-electron chi connectivity index (χ3n) is 2.44. The van der Waals surface area contributed by atoms with Crippen LogP contribution in [0.15, 0.2) is 12.4 Å². The maximum Gasteiger partial charge on any atom is 0.170 e. The molecule has 0 atom stereocenters. The molecule has 0 saturated carbocycles. The van der Waals surface area contributed by atoms with E-state index in [-0.39, 0.29) is 0 Å². The first-order valence-corrected chi connectivity index (χ1v) is 4.92. The molecule has 1 saturated heterocycles. The van der Waals surface area contributed by atoms with Crippen molar-refractivity contribution < 1.29 is 4.79 Å². The monoisotopic (exact) mass is 191 g/mol. The molecule has 2 heterocycles. The largest absolute Gasteiger partial charge is 0.355 e. The summed E-state index contributed by atoms with van der Waals surface area (Å²) in [4.78, 5) is 20.9. The Kier molecular flexibility index (Phi) is 2.72. The third-order valence-corrected chi connectivity index (χ3v) is 2.44. The van der Waals surface area contributed by atoms with Gasteiger partial charge in [-0.25, -0.2) is 4.98 Å². The Bertz CT molecular complexity index is 321. The van der Waals surface area contributed by atoms with Crippen LogP contribution in [0.1, 0.15) is 29.8 Å². The minimum absolute atomic E-state index is 0.410. The van der Waals surface area contributed by atoms with Gasteiger partial charge in [-0.2, -0.15) is 0 Å². The highest BCUT2D eigenvalue weighted by molar-refractivity contribution is 5.71. The van der Waals surface area contributed by atoms with Crippen LogP contribution in [0.4, 0.5) is 5.82 Å². The fourth-order valence-corrected chi connectivity index (χ4v) is 1.70. The predicted octanol–water partition coefficient (Wildman–Crippen LogP) is 1.28. The second-order valence-corrected chi connectivity index (χ2v) is 3.47. The van der Waals surface area contributed by atoms with Crippen molar-refractivity contribution in [3.8, 4) is 0 Å². The molecule has 0 bridgehead atoms. The zero-order chi connectivity index (χ0) is 9.80. The van der Waals surface area contributed by atoms with E-state index in [0.717, 1.165) is 25.2 Å². The van der Waals surface area contributed by atoms with E-state index in [1.165, 1.54) is 25.5 Å². The van der Waals surface area contributed by atoms with Crippen molar-refractivity contribution in [3.05, 3.63) is 18.1 Å². The van der Waals surface area contributed by atoms with E-state index in [9.17, 15) is 4.79 Å². The molecule has 1 aromatic rings. The maximum atomic E-state index is 10.5. The van der Waals surface area contributed by atoms with Crippen molar-refractivity contribution in [2.45, 2.75) is 19.3 Å². The SMILES string of the molecule is O=Cc1cncc(N2CCCCC2)n1. The lowest BCUT2D eigenvalue weighted by Crippen LogP contribution is -2.30. The Hall–Kier alpha value is -1.45. The average molecular weight is 191 g/mol. The summed E-state index contributed by atoms with van der Waals surface area (Å²) in [5.41, 5.74) is 0.410. The number of piperidine rings is 1. The van der Waals surface area contributed by atoms with Crippen LogP contribution >= 0.6 is 0 Å². The molecule has 14 heavy (non-hydrogen) atoms. The summed E-state index contributed by atoms with van der Waals surface area (Å²) in [7, 11) is 0.